The van der Waals surface area contributed by atoms with E-state index in [1.165, 1.54) is 12.1 Å². The highest BCUT2D eigenvalue weighted by Gasteiger charge is 2.31. The van der Waals surface area contributed by atoms with Crippen molar-refractivity contribution in [2.45, 2.75) is 39.8 Å². The molecule has 1 aromatic carbocycles. The number of hydrogen-bond donors (Lipinski definition) is 0. The zero-order chi connectivity index (χ0) is 15.2. The van der Waals surface area contributed by atoms with E-state index in [4.69, 9.17) is 4.74 Å². The van der Waals surface area contributed by atoms with Gasteiger partial charge in [-0.3, -0.25) is 0 Å². The Hall–Kier alpha value is -1.63. The van der Waals surface area contributed by atoms with E-state index < -0.39 is 11.7 Å². The first kappa shape index (κ1) is 16.4. The van der Waals surface area contributed by atoms with E-state index in [0.29, 0.717) is 24.3 Å². The molecule has 0 spiro atoms. The molecule has 0 radical (unpaired) electrons. The molecule has 1 nitrogen and oxygen atoms in total. The first-order valence-corrected chi connectivity index (χ1v) is 6.63. The van der Waals surface area contributed by atoms with Crippen molar-refractivity contribution >= 4 is 0 Å². The number of benzene rings is 1. The Labute approximate surface area is 118 Å². The van der Waals surface area contributed by atoms with Crippen LogP contribution in [0, 0.1) is 17.8 Å². The zero-order valence-corrected chi connectivity index (χ0v) is 12.0. The van der Waals surface area contributed by atoms with E-state index in [0.717, 1.165) is 12.5 Å². The predicted octanol–water partition coefficient (Wildman–Crippen LogP) is 4.70. The highest BCUT2D eigenvalue weighted by atomic mass is 19.4. The van der Waals surface area contributed by atoms with Crippen molar-refractivity contribution in [1.82, 2.24) is 0 Å². The summed E-state index contributed by atoms with van der Waals surface area (Å²) in [5.74, 6) is 6.24. The largest absolute Gasteiger partial charge is 0.493 e. The van der Waals surface area contributed by atoms with Crippen LogP contribution in [0.1, 0.15) is 38.3 Å². The van der Waals surface area contributed by atoms with Crippen molar-refractivity contribution in [2.75, 3.05) is 6.61 Å². The molecule has 0 aliphatic rings. The Morgan fingerprint density at radius 2 is 2.00 bits per heavy atom. The minimum atomic E-state index is -4.34. The molecule has 0 aliphatic carbocycles. The van der Waals surface area contributed by atoms with Gasteiger partial charge in [0, 0.05) is 5.92 Å². The molecule has 0 N–H and O–H groups in total. The van der Waals surface area contributed by atoms with Gasteiger partial charge in [0.15, 0.2) is 0 Å². The van der Waals surface area contributed by atoms with Crippen LogP contribution in [0.3, 0.4) is 0 Å². The summed E-state index contributed by atoms with van der Waals surface area (Å²) in [6, 6.07) is 3.63. The third-order valence-corrected chi connectivity index (χ3v) is 2.77. The lowest BCUT2D eigenvalue weighted by atomic mass is 9.98. The average molecular weight is 284 g/mol. The van der Waals surface area contributed by atoms with Crippen LogP contribution >= 0.6 is 0 Å². The zero-order valence-electron chi connectivity index (χ0n) is 12.0. The molecule has 0 fully saturated rings. The second-order valence-corrected chi connectivity index (χ2v) is 4.67. The van der Waals surface area contributed by atoms with Crippen molar-refractivity contribution in [3.63, 3.8) is 0 Å². The summed E-state index contributed by atoms with van der Waals surface area (Å²) >= 11 is 0. The molecule has 1 aromatic rings. The smallest absolute Gasteiger partial charge is 0.416 e. The van der Waals surface area contributed by atoms with Crippen molar-refractivity contribution in [3.8, 4) is 17.6 Å². The van der Waals surface area contributed by atoms with Gasteiger partial charge in [-0.1, -0.05) is 13.8 Å². The van der Waals surface area contributed by atoms with Crippen LogP contribution in [0.2, 0.25) is 0 Å². The monoisotopic (exact) mass is 284 g/mol. The number of ether oxygens (including phenoxy) is 1. The van der Waals surface area contributed by atoms with E-state index >= 15 is 0 Å². The first-order chi connectivity index (χ1) is 9.38. The van der Waals surface area contributed by atoms with Crippen molar-refractivity contribution < 1.29 is 17.9 Å². The van der Waals surface area contributed by atoms with Gasteiger partial charge in [0.1, 0.15) is 5.75 Å². The van der Waals surface area contributed by atoms with E-state index in [9.17, 15) is 13.2 Å². The number of rotatable bonds is 5. The second kappa shape index (κ2) is 7.23. The van der Waals surface area contributed by atoms with Crippen LogP contribution in [0.4, 0.5) is 13.2 Å². The molecule has 1 atom stereocenters. The van der Waals surface area contributed by atoms with Crippen molar-refractivity contribution in [2.24, 2.45) is 5.92 Å². The van der Waals surface area contributed by atoms with E-state index in [1.54, 1.807) is 6.92 Å². The minimum Gasteiger partial charge on any atom is -0.493 e. The molecular weight excluding hydrogens is 265 g/mol. The average Bonchev–Trinajstić information content (AvgIpc) is 2.36. The molecular formula is C16H19F3O. The maximum absolute atomic E-state index is 12.8. The molecule has 4 heteroatoms. The summed E-state index contributed by atoms with van der Waals surface area (Å²) in [6.07, 6.45) is -3.08. The molecule has 0 saturated carbocycles. The Morgan fingerprint density at radius 1 is 1.30 bits per heavy atom. The summed E-state index contributed by atoms with van der Waals surface area (Å²) in [5.41, 5.74) is -0.0865. The van der Waals surface area contributed by atoms with E-state index in [-0.39, 0.29) is 5.92 Å². The molecule has 1 unspecified atom stereocenters. The number of halogens is 3. The third kappa shape index (κ3) is 4.80. The standard InChI is InChI=1S/C16H19F3O/c1-4-6-12(3)10-13-11-14(16(17,18)19)7-8-15(13)20-9-5-2/h7-8,11-12H,5,9-10H2,1-3H3. The van der Waals surface area contributed by atoms with Gasteiger partial charge in [-0.15, -0.1) is 11.8 Å². The summed E-state index contributed by atoms with van der Waals surface area (Å²) < 4.78 is 43.8. The maximum Gasteiger partial charge on any atom is 0.416 e. The predicted molar refractivity (Wildman–Crippen MR) is 73.5 cm³/mol. The van der Waals surface area contributed by atoms with Crippen molar-refractivity contribution in [1.29, 1.82) is 0 Å². The van der Waals surface area contributed by atoms with Gasteiger partial charge >= 0.3 is 6.18 Å². The van der Waals surface area contributed by atoms with Gasteiger partial charge in [-0.2, -0.15) is 13.2 Å². The van der Waals surface area contributed by atoms with Gasteiger partial charge in [0.2, 0.25) is 0 Å². The number of hydrogen-bond acceptors (Lipinski definition) is 1. The molecule has 0 amide bonds. The van der Waals surface area contributed by atoms with Gasteiger partial charge in [-0.25, -0.2) is 0 Å². The summed E-state index contributed by atoms with van der Waals surface area (Å²) in [6.45, 7) is 6.05. The summed E-state index contributed by atoms with van der Waals surface area (Å²) in [4.78, 5) is 0. The molecule has 0 bridgehead atoms. The summed E-state index contributed by atoms with van der Waals surface area (Å²) in [5, 5.41) is 0. The fraction of sp³-hybridized carbons (Fsp3) is 0.500. The van der Waals surface area contributed by atoms with Gasteiger partial charge in [0.05, 0.1) is 12.2 Å². The van der Waals surface area contributed by atoms with Crippen molar-refractivity contribution in [3.05, 3.63) is 29.3 Å². The first-order valence-electron chi connectivity index (χ1n) is 6.63. The SMILES string of the molecule is CC#CC(C)Cc1cc(C(F)(F)F)ccc1OCCC. The Bertz CT molecular complexity index is 495. The molecule has 110 valence electrons. The molecule has 0 aromatic heterocycles. The Morgan fingerprint density at radius 3 is 2.55 bits per heavy atom. The fourth-order valence-corrected chi connectivity index (χ4v) is 1.90. The fourth-order valence-electron chi connectivity index (χ4n) is 1.90. The summed E-state index contributed by atoms with van der Waals surface area (Å²) in [7, 11) is 0. The van der Waals surface area contributed by atoms with Gasteiger partial charge < -0.3 is 4.74 Å². The van der Waals surface area contributed by atoms with E-state index in [1.807, 2.05) is 13.8 Å². The van der Waals surface area contributed by atoms with Crippen LogP contribution in [0.5, 0.6) is 5.75 Å². The lowest BCUT2D eigenvalue weighted by molar-refractivity contribution is -0.137. The minimum absolute atomic E-state index is 0.00698. The molecule has 20 heavy (non-hydrogen) atoms. The Balaban J connectivity index is 3.07. The Kier molecular flexibility index (Phi) is 5.94. The lowest BCUT2D eigenvalue weighted by Gasteiger charge is -2.15. The number of alkyl halides is 3. The lowest BCUT2D eigenvalue weighted by Crippen LogP contribution is -2.08. The topological polar surface area (TPSA) is 9.23 Å². The quantitative estimate of drug-likeness (QED) is 0.712. The normalized spacial score (nSPS) is 12.5. The second-order valence-electron chi connectivity index (χ2n) is 4.67. The molecule has 1 rings (SSSR count). The van der Waals surface area contributed by atoms with Gasteiger partial charge in [-0.05, 0) is 43.5 Å². The van der Waals surface area contributed by atoms with Crippen LogP contribution < -0.4 is 4.74 Å². The van der Waals surface area contributed by atoms with Crippen LogP contribution in [0.25, 0.3) is 0 Å². The maximum atomic E-state index is 12.8. The molecule has 0 saturated heterocycles. The highest BCUT2D eigenvalue weighted by Crippen LogP contribution is 2.33. The van der Waals surface area contributed by atoms with Crippen LogP contribution in [-0.2, 0) is 12.6 Å². The highest BCUT2D eigenvalue weighted by molar-refractivity contribution is 5.39. The molecule has 0 heterocycles. The third-order valence-electron chi connectivity index (χ3n) is 2.77. The van der Waals surface area contributed by atoms with E-state index in [2.05, 4.69) is 11.8 Å². The van der Waals surface area contributed by atoms with Gasteiger partial charge in [0.25, 0.3) is 0 Å². The van der Waals surface area contributed by atoms with Crippen LogP contribution in [0.15, 0.2) is 18.2 Å². The van der Waals surface area contributed by atoms with Crippen LogP contribution in [-0.4, -0.2) is 6.61 Å². The molecule has 0 aliphatic heterocycles.